The second-order valence-electron chi connectivity index (χ2n) is 7.85. The molecule has 1 aromatic heterocycles. The predicted octanol–water partition coefficient (Wildman–Crippen LogP) is 5.26. The molecular weight excluding hydrogens is 454 g/mol. The smallest absolute Gasteiger partial charge is 0.247 e. The molecule has 3 N–H and O–H groups in total. The fraction of sp³-hybridized carbons (Fsp3) is 0.160. The second kappa shape index (κ2) is 9.36. The fourth-order valence-corrected chi connectivity index (χ4v) is 5.40. The summed E-state index contributed by atoms with van der Waals surface area (Å²) in [6.45, 7) is 0.471. The maximum atomic E-state index is 14.7. The van der Waals surface area contributed by atoms with E-state index in [2.05, 4.69) is 15.2 Å². The molecule has 0 radical (unpaired) electrons. The highest BCUT2D eigenvalue weighted by atomic mass is 32.2. The standard InChI is InChI=1S/C25H22F2N6S/c26-19-12-13-21(27)20(16-19)23-32-33(24-29-22(30-31-24)17-8-3-1-4-9-17)25(34-23,14-7-15-28)18-10-5-2-6-11-18/h1-6,8-13,16H,7,14-15,28H2,(H,29,30,31). The van der Waals surface area contributed by atoms with Crippen molar-refractivity contribution in [3.05, 3.63) is 102 Å². The van der Waals surface area contributed by atoms with Gasteiger partial charge in [-0.15, -0.1) is 10.2 Å². The molecule has 2 heterocycles. The van der Waals surface area contributed by atoms with E-state index >= 15 is 0 Å². The summed E-state index contributed by atoms with van der Waals surface area (Å²) in [4.78, 5) is 2.48. The minimum absolute atomic E-state index is 0.100. The van der Waals surface area contributed by atoms with Crippen molar-refractivity contribution in [3.63, 3.8) is 0 Å². The van der Waals surface area contributed by atoms with Crippen LogP contribution in [0.15, 0.2) is 84.0 Å². The van der Waals surface area contributed by atoms with Crippen LogP contribution in [0.3, 0.4) is 0 Å². The maximum absolute atomic E-state index is 14.7. The number of nitrogens with zero attached hydrogens (tertiary/aromatic N) is 4. The highest BCUT2D eigenvalue weighted by Gasteiger charge is 2.47. The molecule has 0 saturated carbocycles. The highest BCUT2D eigenvalue weighted by molar-refractivity contribution is 8.15. The number of hydrazone groups is 1. The largest absolute Gasteiger partial charge is 0.330 e. The molecule has 5 rings (SSSR count). The molecule has 1 atom stereocenters. The van der Waals surface area contributed by atoms with E-state index in [-0.39, 0.29) is 5.56 Å². The van der Waals surface area contributed by atoms with Gasteiger partial charge in [0.2, 0.25) is 5.95 Å². The van der Waals surface area contributed by atoms with E-state index in [1.165, 1.54) is 17.8 Å². The summed E-state index contributed by atoms with van der Waals surface area (Å²) in [5.74, 6) is -0.0877. The van der Waals surface area contributed by atoms with Gasteiger partial charge in [0, 0.05) is 11.1 Å². The van der Waals surface area contributed by atoms with Crippen LogP contribution in [-0.4, -0.2) is 26.8 Å². The molecule has 0 amide bonds. The number of nitrogens with two attached hydrogens (primary N) is 1. The summed E-state index contributed by atoms with van der Waals surface area (Å²) in [7, 11) is 0. The Kier molecular flexibility index (Phi) is 6.12. The van der Waals surface area contributed by atoms with E-state index in [1.54, 1.807) is 5.01 Å². The molecule has 9 heteroatoms. The molecule has 1 aliphatic rings. The topological polar surface area (TPSA) is 83.2 Å². The van der Waals surface area contributed by atoms with E-state index < -0.39 is 16.5 Å². The van der Waals surface area contributed by atoms with Crippen molar-refractivity contribution in [1.82, 2.24) is 15.2 Å². The lowest BCUT2D eigenvalue weighted by Gasteiger charge is -2.35. The van der Waals surface area contributed by atoms with Gasteiger partial charge in [-0.1, -0.05) is 72.4 Å². The number of anilines is 1. The Morgan fingerprint density at radius 3 is 2.41 bits per heavy atom. The van der Waals surface area contributed by atoms with Crippen molar-refractivity contribution < 1.29 is 8.78 Å². The van der Waals surface area contributed by atoms with E-state index in [1.807, 2.05) is 60.7 Å². The first-order chi connectivity index (χ1) is 16.6. The number of aromatic nitrogens is 3. The van der Waals surface area contributed by atoms with Crippen molar-refractivity contribution >= 4 is 22.8 Å². The van der Waals surface area contributed by atoms with Crippen LogP contribution in [0.4, 0.5) is 14.7 Å². The Labute approximate surface area is 199 Å². The first-order valence-electron chi connectivity index (χ1n) is 10.9. The molecule has 0 saturated heterocycles. The SMILES string of the molecule is NCCCC1(c2ccccc2)SC(c2cc(F)ccc2F)=NN1c1nnc(-c2ccccc2)[nH]1. The highest BCUT2D eigenvalue weighted by Crippen LogP contribution is 2.51. The van der Waals surface area contributed by atoms with Gasteiger partial charge in [-0.3, -0.25) is 0 Å². The van der Waals surface area contributed by atoms with Gasteiger partial charge in [-0.05, 0) is 43.1 Å². The van der Waals surface area contributed by atoms with Crippen molar-refractivity contribution in [2.24, 2.45) is 10.8 Å². The maximum Gasteiger partial charge on any atom is 0.247 e. The number of benzene rings is 3. The number of thioether (sulfide) groups is 1. The first-order valence-corrected chi connectivity index (χ1v) is 11.7. The molecule has 0 spiro atoms. The summed E-state index contributed by atoms with van der Waals surface area (Å²) < 4.78 is 28.8. The van der Waals surface area contributed by atoms with Gasteiger partial charge in [0.15, 0.2) is 5.82 Å². The number of rotatable bonds is 7. The van der Waals surface area contributed by atoms with Crippen LogP contribution in [0.1, 0.15) is 24.0 Å². The molecule has 34 heavy (non-hydrogen) atoms. The molecule has 172 valence electrons. The fourth-order valence-electron chi connectivity index (χ4n) is 3.98. The van der Waals surface area contributed by atoms with Crippen molar-refractivity contribution in [3.8, 4) is 11.4 Å². The number of halogens is 2. The summed E-state index contributed by atoms with van der Waals surface area (Å²) >= 11 is 1.36. The first kappa shape index (κ1) is 22.2. The third-order valence-electron chi connectivity index (χ3n) is 5.62. The summed E-state index contributed by atoms with van der Waals surface area (Å²) in [5, 5.41) is 15.5. The van der Waals surface area contributed by atoms with Crippen LogP contribution >= 0.6 is 11.8 Å². The second-order valence-corrected chi connectivity index (χ2v) is 9.12. The lowest BCUT2D eigenvalue weighted by molar-refractivity contribution is 0.519. The molecule has 0 fully saturated rings. The zero-order valence-corrected chi connectivity index (χ0v) is 19.0. The van der Waals surface area contributed by atoms with Crippen LogP contribution in [0.5, 0.6) is 0 Å². The average Bonchev–Trinajstić information content (AvgIpc) is 3.51. The van der Waals surface area contributed by atoms with Gasteiger partial charge in [-0.25, -0.2) is 13.8 Å². The number of aromatic amines is 1. The van der Waals surface area contributed by atoms with Crippen LogP contribution in [0.2, 0.25) is 0 Å². The minimum atomic E-state index is -0.776. The quantitative estimate of drug-likeness (QED) is 0.380. The average molecular weight is 477 g/mol. The van der Waals surface area contributed by atoms with Gasteiger partial charge >= 0.3 is 0 Å². The van der Waals surface area contributed by atoms with Gasteiger partial charge in [0.1, 0.15) is 21.5 Å². The van der Waals surface area contributed by atoms with Gasteiger partial charge in [0.05, 0.1) is 0 Å². The number of hydrogen-bond acceptors (Lipinski definition) is 6. The van der Waals surface area contributed by atoms with Crippen molar-refractivity contribution in [1.29, 1.82) is 0 Å². The van der Waals surface area contributed by atoms with Crippen LogP contribution < -0.4 is 10.7 Å². The van der Waals surface area contributed by atoms with Gasteiger partial charge in [0.25, 0.3) is 0 Å². The lowest BCUT2D eigenvalue weighted by Crippen LogP contribution is -2.38. The molecule has 6 nitrogen and oxygen atoms in total. The Hall–Kier alpha value is -3.56. The van der Waals surface area contributed by atoms with Crippen molar-refractivity contribution in [2.75, 3.05) is 11.6 Å². The normalized spacial score (nSPS) is 17.7. The minimum Gasteiger partial charge on any atom is -0.330 e. The molecule has 1 unspecified atom stereocenters. The summed E-state index contributed by atoms with van der Waals surface area (Å²) in [5.41, 5.74) is 7.81. The van der Waals surface area contributed by atoms with Crippen LogP contribution in [0, 0.1) is 11.6 Å². The summed E-state index contributed by atoms with van der Waals surface area (Å²) in [6.07, 6.45) is 1.29. The van der Waals surface area contributed by atoms with Crippen molar-refractivity contribution in [2.45, 2.75) is 17.7 Å². The van der Waals surface area contributed by atoms with E-state index in [0.717, 1.165) is 23.3 Å². The Morgan fingerprint density at radius 2 is 1.68 bits per heavy atom. The Balaban J connectivity index is 1.65. The number of nitrogens with one attached hydrogen (secondary N) is 1. The number of hydrogen-bond donors (Lipinski definition) is 2. The monoisotopic (exact) mass is 476 g/mol. The van der Waals surface area contributed by atoms with Crippen LogP contribution in [0.25, 0.3) is 11.4 Å². The molecule has 0 bridgehead atoms. The molecule has 0 aliphatic carbocycles. The summed E-state index contributed by atoms with van der Waals surface area (Å²) in [6, 6.07) is 22.8. The lowest BCUT2D eigenvalue weighted by atomic mass is 10.0. The zero-order valence-electron chi connectivity index (χ0n) is 18.2. The molecule has 3 aromatic carbocycles. The van der Waals surface area contributed by atoms with Crippen LogP contribution in [-0.2, 0) is 4.87 Å². The zero-order chi connectivity index (χ0) is 23.5. The third kappa shape index (κ3) is 4.08. The third-order valence-corrected chi connectivity index (χ3v) is 7.07. The number of H-pyrrole nitrogens is 1. The van der Waals surface area contributed by atoms with Gasteiger partial charge in [-0.2, -0.15) is 5.10 Å². The van der Waals surface area contributed by atoms with E-state index in [4.69, 9.17) is 10.8 Å². The van der Waals surface area contributed by atoms with E-state index in [0.29, 0.717) is 36.2 Å². The molecule has 1 aliphatic heterocycles. The molecular formula is C25H22F2N6S. The van der Waals surface area contributed by atoms with E-state index in [9.17, 15) is 8.78 Å². The Morgan fingerprint density at radius 1 is 0.941 bits per heavy atom. The predicted molar refractivity (Wildman–Crippen MR) is 131 cm³/mol. The molecule has 4 aromatic rings. The Bertz CT molecular complexity index is 1310. The van der Waals surface area contributed by atoms with Gasteiger partial charge < -0.3 is 10.7 Å².